The summed E-state index contributed by atoms with van der Waals surface area (Å²) in [5.74, 6) is 1.05. The first-order chi connectivity index (χ1) is 9.70. The van der Waals surface area contributed by atoms with Crippen molar-refractivity contribution in [2.75, 3.05) is 26.4 Å². The molecule has 1 aromatic rings. The summed E-state index contributed by atoms with van der Waals surface area (Å²) in [5.41, 5.74) is 0.865. The quantitative estimate of drug-likeness (QED) is 0.905. The van der Waals surface area contributed by atoms with Crippen molar-refractivity contribution in [3.8, 4) is 11.5 Å². The number of benzene rings is 1. The fourth-order valence-corrected chi connectivity index (χ4v) is 2.12. The van der Waals surface area contributed by atoms with Gasteiger partial charge in [0.25, 0.3) is 0 Å². The predicted octanol–water partition coefficient (Wildman–Crippen LogP) is 2.15. The molecule has 0 bridgehead atoms. The van der Waals surface area contributed by atoms with Crippen LogP contribution in [0, 0.1) is 0 Å². The van der Waals surface area contributed by atoms with Gasteiger partial charge in [-0.05, 0) is 24.6 Å². The SMILES string of the molecule is CCOCC(=O)NCc1cc(Cl)c2c(c1)OCCCO2. The lowest BCUT2D eigenvalue weighted by Crippen LogP contribution is -2.27. The molecule has 1 aliphatic rings. The van der Waals surface area contributed by atoms with Gasteiger partial charge in [0.05, 0.1) is 18.2 Å². The summed E-state index contributed by atoms with van der Waals surface area (Å²) >= 11 is 6.18. The van der Waals surface area contributed by atoms with Crippen molar-refractivity contribution in [2.24, 2.45) is 0 Å². The van der Waals surface area contributed by atoms with Gasteiger partial charge in [-0.3, -0.25) is 4.79 Å². The van der Waals surface area contributed by atoms with Crippen molar-refractivity contribution in [1.82, 2.24) is 5.32 Å². The number of rotatable bonds is 5. The topological polar surface area (TPSA) is 56.8 Å². The van der Waals surface area contributed by atoms with Crippen molar-refractivity contribution in [3.05, 3.63) is 22.7 Å². The Labute approximate surface area is 123 Å². The van der Waals surface area contributed by atoms with Crippen LogP contribution in [-0.2, 0) is 16.1 Å². The van der Waals surface area contributed by atoms with Crippen molar-refractivity contribution in [2.45, 2.75) is 19.9 Å². The smallest absolute Gasteiger partial charge is 0.246 e. The molecule has 1 amide bonds. The molecule has 0 unspecified atom stereocenters. The minimum absolute atomic E-state index is 0.0643. The summed E-state index contributed by atoms with van der Waals surface area (Å²) in [6, 6.07) is 3.61. The molecule has 1 N–H and O–H groups in total. The number of hydrogen-bond donors (Lipinski definition) is 1. The van der Waals surface area contributed by atoms with E-state index in [-0.39, 0.29) is 12.5 Å². The zero-order chi connectivity index (χ0) is 14.4. The third-order valence-corrected chi connectivity index (χ3v) is 3.07. The van der Waals surface area contributed by atoms with Gasteiger partial charge < -0.3 is 19.5 Å². The highest BCUT2D eigenvalue weighted by molar-refractivity contribution is 6.32. The van der Waals surface area contributed by atoms with Crippen LogP contribution in [0.4, 0.5) is 0 Å². The molecule has 0 spiro atoms. The van der Waals surface area contributed by atoms with Crippen LogP contribution in [0.15, 0.2) is 12.1 Å². The van der Waals surface area contributed by atoms with Gasteiger partial charge in [0.2, 0.25) is 5.91 Å². The minimum atomic E-state index is -0.157. The van der Waals surface area contributed by atoms with Gasteiger partial charge in [0.1, 0.15) is 6.61 Å². The second-order valence-electron chi connectivity index (χ2n) is 4.37. The van der Waals surface area contributed by atoms with Gasteiger partial charge in [0, 0.05) is 19.6 Å². The summed E-state index contributed by atoms with van der Waals surface area (Å²) in [6.45, 7) is 4.00. The Morgan fingerprint density at radius 3 is 3.00 bits per heavy atom. The first kappa shape index (κ1) is 14.9. The lowest BCUT2D eigenvalue weighted by atomic mass is 10.2. The zero-order valence-electron chi connectivity index (χ0n) is 11.4. The minimum Gasteiger partial charge on any atom is -0.489 e. The summed E-state index contributed by atoms with van der Waals surface area (Å²) in [7, 11) is 0. The molecule has 0 atom stereocenters. The highest BCUT2D eigenvalue weighted by atomic mass is 35.5. The molecule has 0 saturated carbocycles. The average molecular weight is 300 g/mol. The molecule has 0 aromatic heterocycles. The summed E-state index contributed by atoms with van der Waals surface area (Å²) < 4.78 is 16.2. The molecule has 1 heterocycles. The normalized spacial score (nSPS) is 13.7. The number of fused-ring (bicyclic) bond motifs is 1. The molecule has 0 saturated heterocycles. The fraction of sp³-hybridized carbons (Fsp3) is 0.500. The molecule has 1 aliphatic heterocycles. The Hall–Kier alpha value is -1.46. The number of carbonyl (C=O) groups excluding carboxylic acids is 1. The Morgan fingerprint density at radius 2 is 2.20 bits per heavy atom. The zero-order valence-corrected chi connectivity index (χ0v) is 12.2. The van der Waals surface area contributed by atoms with E-state index in [9.17, 15) is 4.79 Å². The largest absolute Gasteiger partial charge is 0.489 e. The number of halogens is 1. The van der Waals surface area contributed by atoms with Gasteiger partial charge in [-0.1, -0.05) is 11.6 Å². The Balaban J connectivity index is 2.00. The standard InChI is InChI=1S/C14H18ClNO4/c1-2-18-9-13(17)16-8-10-6-11(15)14-12(7-10)19-4-3-5-20-14/h6-7H,2-5,8-9H2,1H3,(H,16,17). The van der Waals surface area contributed by atoms with Crippen LogP contribution in [0.25, 0.3) is 0 Å². The highest BCUT2D eigenvalue weighted by Gasteiger charge is 2.15. The Kier molecular flexibility index (Phi) is 5.49. The molecule has 2 rings (SSSR count). The maximum atomic E-state index is 11.5. The first-order valence-corrected chi connectivity index (χ1v) is 7.01. The second-order valence-corrected chi connectivity index (χ2v) is 4.78. The van der Waals surface area contributed by atoms with Crippen LogP contribution in [0.3, 0.4) is 0 Å². The van der Waals surface area contributed by atoms with E-state index < -0.39 is 0 Å². The molecule has 110 valence electrons. The number of hydrogen-bond acceptors (Lipinski definition) is 4. The monoisotopic (exact) mass is 299 g/mol. The van der Waals surface area contributed by atoms with Crippen molar-refractivity contribution in [3.63, 3.8) is 0 Å². The van der Waals surface area contributed by atoms with Crippen LogP contribution in [0.2, 0.25) is 5.02 Å². The molecule has 0 radical (unpaired) electrons. The van der Waals surface area contributed by atoms with Crippen LogP contribution in [-0.4, -0.2) is 32.3 Å². The van der Waals surface area contributed by atoms with E-state index >= 15 is 0 Å². The van der Waals surface area contributed by atoms with Crippen LogP contribution in [0.5, 0.6) is 11.5 Å². The lowest BCUT2D eigenvalue weighted by molar-refractivity contribution is -0.125. The van der Waals surface area contributed by atoms with E-state index in [1.165, 1.54) is 0 Å². The molecule has 6 heteroatoms. The predicted molar refractivity (Wildman–Crippen MR) is 75.4 cm³/mol. The van der Waals surface area contributed by atoms with Crippen molar-refractivity contribution in [1.29, 1.82) is 0 Å². The lowest BCUT2D eigenvalue weighted by Gasteiger charge is -2.12. The Morgan fingerprint density at radius 1 is 1.40 bits per heavy atom. The average Bonchev–Trinajstić information content (AvgIpc) is 2.68. The number of ether oxygens (including phenoxy) is 3. The van der Waals surface area contributed by atoms with E-state index in [1.54, 1.807) is 6.07 Å². The second kappa shape index (κ2) is 7.36. The van der Waals surface area contributed by atoms with Gasteiger partial charge in [0.15, 0.2) is 11.5 Å². The van der Waals surface area contributed by atoms with Gasteiger partial charge in [-0.2, -0.15) is 0 Å². The fourth-order valence-electron chi connectivity index (χ4n) is 1.83. The molecule has 0 fully saturated rings. The van der Waals surface area contributed by atoms with Crippen molar-refractivity contribution < 1.29 is 19.0 Å². The summed E-state index contributed by atoms with van der Waals surface area (Å²) in [6.07, 6.45) is 0.825. The van der Waals surface area contributed by atoms with Gasteiger partial charge >= 0.3 is 0 Å². The third kappa shape index (κ3) is 4.02. The maximum Gasteiger partial charge on any atom is 0.246 e. The molecular formula is C14H18ClNO4. The molecule has 5 nitrogen and oxygen atoms in total. The first-order valence-electron chi connectivity index (χ1n) is 6.63. The van der Waals surface area contributed by atoms with E-state index in [2.05, 4.69) is 5.32 Å². The maximum absolute atomic E-state index is 11.5. The molecule has 0 aliphatic carbocycles. The van der Waals surface area contributed by atoms with Crippen LogP contribution >= 0.6 is 11.6 Å². The van der Waals surface area contributed by atoms with Gasteiger partial charge in [-0.25, -0.2) is 0 Å². The van der Waals surface area contributed by atoms with Gasteiger partial charge in [-0.15, -0.1) is 0 Å². The van der Waals surface area contributed by atoms with E-state index in [4.69, 9.17) is 25.8 Å². The summed E-state index contributed by atoms with van der Waals surface area (Å²) in [5, 5.41) is 3.26. The molecule has 20 heavy (non-hydrogen) atoms. The van der Waals surface area contributed by atoms with E-state index in [0.29, 0.717) is 42.9 Å². The number of amides is 1. The van der Waals surface area contributed by atoms with Crippen LogP contribution < -0.4 is 14.8 Å². The number of carbonyl (C=O) groups is 1. The summed E-state index contributed by atoms with van der Waals surface area (Å²) in [4.78, 5) is 11.5. The van der Waals surface area contributed by atoms with Crippen molar-refractivity contribution >= 4 is 17.5 Å². The van der Waals surface area contributed by atoms with E-state index in [0.717, 1.165) is 12.0 Å². The highest BCUT2D eigenvalue weighted by Crippen LogP contribution is 2.37. The third-order valence-electron chi connectivity index (χ3n) is 2.79. The molecular weight excluding hydrogens is 282 g/mol. The van der Waals surface area contributed by atoms with Crippen LogP contribution in [0.1, 0.15) is 18.9 Å². The Bertz CT molecular complexity index is 478. The molecule has 1 aromatic carbocycles. The van der Waals surface area contributed by atoms with E-state index in [1.807, 2.05) is 13.0 Å². The number of nitrogens with one attached hydrogen (secondary N) is 1.